The standard InChI is InChI=1S/C14H19BrFNO3/c1-3-14(2,6-7-18)17-13(19)9-20-12-5-4-10(16)8-11(12)15/h4-5,8,18H,3,6-7,9H2,1-2H3,(H,17,19). The Hall–Kier alpha value is -1.14. The van der Waals surface area contributed by atoms with Gasteiger partial charge in [0.2, 0.25) is 0 Å². The molecule has 0 spiro atoms. The molecule has 0 saturated carbocycles. The number of halogens is 2. The Labute approximate surface area is 126 Å². The van der Waals surface area contributed by atoms with Crippen LogP contribution in [0.15, 0.2) is 22.7 Å². The lowest BCUT2D eigenvalue weighted by molar-refractivity contribution is -0.125. The molecule has 0 aliphatic rings. The number of amides is 1. The Morgan fingerprint density at radius 3 is 2.80 bits per heavy atom. The van der Waals surface area contributed by atoms with Crippen molar-refractivity contribution in [2.45, 2.75) is 32.2 Å². The smallest absolute Gasteiger partial charge is 0.258 e. The second-order valence-corrected chi connectivity index (χ2v) is 5.65. The number of hydrogen-bond donors (Lipinski definition) is 2. The molecule has 1 unspecified atom stereocenters. The van der Waals surface area contributed by atoms with E-state index in [4.69, 9.17) is 9.84 Å². The van der Waals surface area contributed by atoms with Gasteiger partial charge in [-0.05, 0) is 53.9 Å². The monoisotopic (exact) mass is 347 g/mol. The lowest BCUT2D eigenvalue weighted by atomic mass is 9.95. The third-order valence-electron chi connectivity index (χ3n) is 3.14. The molecular weight excluding hydrogens is 329 g/mol. The molecule has 6 heteroatoms. The van der Waals surface area contributed by atoms with Crippen LogP contribution in [-0.2, 0) is 4.79 Å². The van der Waals surface area contributed by atoms with Crippen molar-refractivity contribution in [1.29, 1.82) is 0 Å². The molecule has 0 aliphatic carbocycles. The first-order valence-electron chi connectivity index (χ1n) is 6.40. The van der Waals surface area contributed by atoms with Crippen molar-refractivity contribution in [2.75, 3.05) is 13.2 Å². The minimum Gasteiger partial charge on any atom is -0.483 e. The molecule has 0 radical (unpaired) electrons. The van der Waals surface area contributed by atoms with Crippen molar-refractivity contribution in [3.05, 3.63) is 28.5 Å². The molecule has 0 fully saturated rings. The minimum atomic E-state index is -0.449. The molecule has 0 aromatic heterocycles. The number of rotatable bonds is 7. The summed E-state index contributed by atoms with van der Waals surface area (Å²) in [5.41, 5.74) is -0.449. The molecule has 20 heavy (non-hydrogen) atoms. The normalized spacial score (nSPS) is 13.7. The Morgan fingerprint density at radius 1 is 1.55 bits per heavy atom. The summed E-state index contributed by atoms with van der Waals surface area (Å²) in [6, 6.07) is 3.99. The van der Waals surface area contributed by atoms with Crippen LogP contribution in [0.2, 0.25) is 0 Å². The molecule has 0 saturated heterocycles. The predicted octanol–water partition coefficient (Wildman–Crippen LogP) is 2.63. The summed E-state index contributed by atoms with van der Waals surface area (Å²) in [6.45, 7) is 3.66. The van der Waals surface area contributed by atoms with Gasteiger partial charge in [0.15, 0.2) is 6.61 Å². The lowest BCUT2D eigenvalue weighted by Crippen LogP contribution is -2.47. The van der Waals surface area contributed by atoms with Crippen molar-refractivity contribution in [1.82, 2.24) is 5.32 Å². The highest BCUT2D eigenvalue weighted by molar-refractivity contribution is 9.10. The van der Waals surface area contributed by atoms with Gasteiger partial charge in [0, 0.05) is 12.1 Å². The van der Waals surface area contributed by atoms with E-state index in [9.17, 15) is 9.18 Å². The van der Waals surface area contributed by atoms with Crippen molar-refractivity contribution >= 4 is 21.8 Å². The van der Waals surface area contributed by atoms with Gasteiger partial charge in [-0.1, -0.05) is 6.92 Å². The van der Waals surface area contributed by atoms with Crippen molar-refractivity contribution in [3.8, 4) is 5.75 Å². The second kappa shape index (κ2) is 7.59. The highest BCUT2D eigenvalue weighted by atomic mass is 79.9. The molecule has 1 aromatic carbocycles. The summed E-state index contributed by atoms with van der Waals surface area (Å²) in [5, 5.41) is 11.8. The SMILES string of the molecule is CCC(C)(CCO)NC(=O)COc1ccc(F)cc1Br. The van der Waals surface area contributed by atoms with Gasteiger partial charge in [-0.15, -0.1) is 0 Å². The third-order valence-corrected chi connectivity index (χ3v) is 3.76. The summed E-state index contributed by atoms with van der Waals surface area (Å²) >= 11 is 3.17. The number of aliphatic hydroxyl groups is 1. The van der Waals surface area contributed by atoms with Crippen LogP contribution in [0, 0.1) is 5.82 Å². The van der Waals surface area contributed by atoms with E-state index in [1.165, 1.54) is 18.2 Å². The fourth-order valence-electron chi connectivity index (χ4n) is 1.68. The third kappa shape index (κ3) is 5.09. The number of ether oxygens (including phenoxy) is 1. The number of nitrogens with one attached hydrogen (secondary N) is 1. The number of aliphatic hydroxyl groups excluding tert-OH is 1. The fraction of sp³-hybridized carbons (Fsp3) is 0.500. The van der Waals surface area contributed by atoms with Gasteiger partial charge >= 0.3 is 0 Å². The van der Waals surface area contributed by atoms with Crippen molar-refractivity contribution < 1.29 is 19.0 Å². The average molecular weight is 348 g/mol. The van der Waals surface area contributed by atoms with E-state index in [1.54, 1.807) is 0 Å². The number of hydrogen-bond acceptors (Lipinski definition) is 3. The molecule has 0 heterocycles. The summed E-state index contributed by atoms with van der Waals surface area (Å²) in [4.78, 5) is 11.8. The van der Waals surface area contributed by atoms with Gasteiger partial charge in [-0.3, -0.25) is 4.79 Å². The number of benzene rings is 1. The fourth-order valence-corrected chi connectivity index (χ4v) is 2.15. The van der Waals surface area contributed by atoms with Crippen molar-refractivity contribution in [2.24, 2.45) is 0 Å². The maximum atomic E-state index is 12.9. The van der Waals surface area contributed by atoms with Crippen LogP contribution in [0.1, 0.15) is 26.7 Å². The summed E-state index contributed by atoms with van der Waals surface area (Å²) in [6.07, 6.45) is 1.19. The van der Waals surface area contributed by atoms with Gasteiger partial charge in [0.1, 0.15) is 11.6 Å². The van der Waals surface area contributed by atoms with E-state index >= 15 is 0 Å². The molecule has 1 rings (SSSR count). The Balaban J connectivity index is 2.54. The Bertz CT molecular complexity index is 470. The lowest BCUT2D eigenvalue weighted by Gasteiger charge is -2.28. The molecule has 1 atom stereocenters. The Morgan fingerprint density at radius 2 is 2.25 bits per heavy atom. The highest BCUT2D eigenvalue weighted by Crippen LogP contribution is 2.25. The molecule has 0 aliphatic heterocycles. The second-order valence-electron chi connectivity index (χ2n) is 4.80. The maximum absolute atomic E-state index is 12.9. The zero-order chi connectivity index (χ0) is 15.2. The first-order valence-corrected chi connectivity index (χ1v) is 7.19. The molecule has 0 bridgehead atoms. The molecule has 112 valence electrons. The van der Waals surface area contributed by atoms with Crippen LogP contribution < -0.4 is 10.1 Å². The largest absolute Gasteiger partial charge is 0.483 e. The van der Waals surface area contributed by atoms with Crippen LogP contribution in [0.4, 0.5) is 4.39 Å². The summed E-state index contributed by atoms with van der Waals surface area (Å²) in [5.74, 6) is -0.254. The van der Waals surface area contributed by atoms with Gasteiger partial charge in [-0.2, -0.15) is 0 Å². The summed E-state index contributed by atoms with van der Waals surface area (Å²) in [7, 11) is 0. The first kappa shape index (κ1) is 16.9. The number of carbonyl (C=O) groups excluding carboxylic acids is 1. The van der Waals surface area contributed by atoms with Gasteiger partial charge in [-0.25, -0.2) is 4.39 Å². The van der Waals surface area contributed by atoms with E-state index in [1.807, 2.05) is 13.8 Å². The topological polar surface area (TPSA) is 58.6 Å². The van der Waals surface area contributed by atoms with Crippen molar-refractivity contribution in [3.63, 3.8) is 0 Å². The predicted molar refractivity (Wildman–Crippen MR) is 78.1 cm³/mol. The zero-order valence-corrected chi connectivity index (χ0v) is 13.2. The van der Waals surface area contributed by atoms with E-state index < -0.39 is 5.54 Å². The maximum Gasteiger partial charge on any atom is 0.258 e. The van der Waals surface area contributed by atoms with Crippen LogP contribution >= 0.6 is 15.9 Å². The molecule has 2 N–H and O–H groups in total. The van der Waals surface area contributed by atoms with Crippen LogP contribution in [0.25, 0.3) is 0 Å². The first-order chi connectivity index (χ1) is 9.40. The van der Waals surface area contributed by atoms with Gasteiger partial charge in [0.25, 0.3) is 5.91 Å². The molecule has 1 aromatic rings. The minimum absolute atomic E-state index is 0.00892. The van der Waals surface area contributed by atoms with Gasteiger partial charge in [0.05, 0.1) is 4.47 Å². The Kier molecular flexibility index (Phi) is 6.42. The molecule has 4 nitrogen and oxygen atoms in total. The summed E-state index contributed by atoms with van der Waals surface area (Å²) < 4.78 is 18.7. The van der Waals surface area contributed by atoms with E-state index in [0.717, 1.165) is 0 Å². The highest BCUT2D eigenvalue weighted by Gasteiger charge is 2.23. The van der Waals surface area contributed by atoms with E-state index in [2.05, 4.69) is 21.2 Å². The average Bonchev–Trinajstić information content (AvgIpc) is 2.38. The molecule has 1 amide bonds. The molecular formula is C14H19BrFNO3. The van der Waals surface area contributed by atoms with E-state index in [-0.39, 0.29) is 24.9 Å². The van der Waals surface area contributed by atoms with Gasteiger partial charge < -0.3 is 15.2 Å². The zero-order valence-electron chi connectivity index (χ0n) is 11.6. The van der Waals surface area contributed by atoms with Crippen LogP contribution in [0.3, 0.4) is 0 Å². The number of carbonyl (C=O) groups is 1. The van der Waals surface area contributed by atoms with E-state index in [0.29, 0.717) is 23.1 Å². The quantitative estimate of drug-likeness (QED) is 0.797. The van der Waals surface area contributed by atoms with Crippen LogP contribution in [-0.4, -0.2) is 29.8 Å². The van der Waals surface area contributed by atoms with Crippen LogP contribution in [0.5, 0.6) is 5.75 Å².